The third kappa shape index (κ3) is 5.36. The zero-order valence-corrected chi connectivity index (χ0v) is 12.2. The van der Waals surface area contributed by atoms with Crippen LogP contribution in [0.3, 0.4) is 0 Å². The first-order chi connectivity index (χ1) is 8.60. The fourth-order valence-electron chi connectivity index (χ4n) is 2.03. The van der Waals surface area contributed by atoms with Gasteiger partial charge in [-0.1, -0.05) is 27.2 Å². The number of methoxy groups -OCH3 is 1. The van der Waals surface area contributed by atoms with E-state index in [-0.39, 0.29) is 12.0 Å². The molecular formula is C14H28N2O2. The molecule has 0 spiro atoms. The zero-order valence-electron chi connectivity index (χ0n) is 12.2. The highest BCUT2D eigenvalue weighted by Gasteiger charge is 2.30. The van der Waals surface area contributed by atoms with Crippen molar-refractivity contribution in [3.05, 3.63) is 0 Å². The summed E-state index contributed by atoms with van der Waals surface area (Å²) in [6.07, 6.45) is 3.55. The van der Waals surface area contributed by atoms with E-state index in [1.807, 2.05) is 0 Å². The smallest absolute Gasteiger partial charge is 0.324 e. The van der Waals surface area contributed by atoms with E-state index in [4.69, 9.17) is 4.74 Å². The van der Waals surface area contributed by atoms with Crippen LogP contribution in [0.2, 0.25) is 0 Å². The Morgan fingerprint density at radius 2 is 2.06 bits per heavy atom. The maximum Gasteiger partial charge on any atom is 0.324 e. The van der Waals surface area contributed by atoms with Crippen LogP contribution >= 0.6 is 0 Å². The summed E-state index contributed by atoms with van der Waals surface area (Å²) in [5.41, 5.74) is 0. The molecule has 4 nitrogen and oxygen atoms in total. The van der Waals surface area contributed by atoms with E-state index in [0.29, 0.717) is 12.0 Å². The number of hydrogen-bond donors (Lipinski definition) is 1. The van der Waals surface area contributed by atoms with E-state index in [1.54, 1.807) is 0 Å². The standard InChI is InChI=1S/C14H28N2O2/c1-5-11(3)9-16(6-2)10-13(14(17)18-4)15-12-7-8-12/h11-13,15H,5-10H2,1-4H3. The Kier molecular flexibility index (Phi) is 6.65. The Labute approximate surface area is 111 Å². The van der Waals surface area contributed by atoms with Gasteiger partial charge in [-0.2, -0.15) is 0 Å². The Morgan fingerprint density at radius 1 is 1.39 bits per heavy atom. The molecule has 2 atom stereocenters. The number of likely N-dealkylation sites (N-methyl/N-ethyl adjacent to an activating group) is 1. The molecule has 0 bridgehead atoms. The lowest BCUT2D eigenvalue weighted by Gasteiger charge is -2.27. The van der Waals surface area contributed by atoms with Gasteiger partial charge in [-0.3, -0.25) is 4.79 Å². The van der Waals surface area contributed by atoms with Crippen molar-refractivity contribution in [2.75, 3.05) is 26.7 Å². The van der Waals surface area contributed by atoms with E-state index in [1.165, 1.54) is 26.4 Å². The summed E-state index contributed by atoms with van der Waals surface area (Å²) in [6.45, 7) is 9.39. The minimum absolute atomic E-state index is 0.135. The predicted octanol–water partition coefficient (Wildman–Crippen LogP) is 1.65. The number of rotatable bonds is 9. The second kappa shape index (κ2) is 7.74. The van der Waals surface area contributed by atoms with Crippen LogP contribution in [0.25, 0.3) is 0 Å². The second-order valence-corrected chi connectivity index (χ2v) is 5.38. The van der Waals surface area contributed by atoms with Crippen molar-refractivity contribution in [3.63, 3.8) is 0 Å². The first-order valence-corrected chi connectivity index (χ1v) is 7.16. The van der Waals surface area contributed by atoms with Crippen molar-refractivity contribution in [2.45, 2.75) is 52.1 Å². The van der Waals surface area contributed by atoms with E-state index < -0.39 is 0 Å². The number of ether oxygens (including phenoxy) is 1. The lowest BCUT2D eigenvalue weighted by molar-refractivity contribution is -0.143. The summed E-state index contributed by atoms with van der Waals surface area (Å²) < 4.78 is 4.89. The summed E-state index contributed by atoms with van der Waals surface area (Å²) in [4.78, 5) is 14.1. The average molecular weight is 256 g/mol. The van der Waals surface area contributed by atoms with Crippen molar-refractivity contribution < 1.29 is 9.53 Å². The van der Waals surface area contributed by atoms with Crippen molar-refractivity contribution in [1.82, 2.24) is 10.2 Å². The number of carbonyl (C=O) groups is 1. The van der Waals surface area contributed by atoms with Gasteiger partial charge in [0.05, 0.1) is 7.11 Å². The van der Waals surface area contributed by atoms with Gasteiger partial charge in [0, 0.05) is 19.1 Å². The normalized spacial score (nSPS) is 18.7. The van der Waals surface area contributed by atoms with Gasteiger partial charge in [0.1, 0.15) is 6.04 Å². The number of nitrogens with zero attached hydrogens (tertiary/aromatic N) is 1. The predicted molar refractivity (Wildman–Crippen MR) is 73.5 cm³/mol. The lowest BCUT2D eigenvalue weighted by Crippen LogP contribution is -2.48. The number of nitrogens with one attached hydrogen (secondary N) is 1. The number of carbonyl (C=O) groups excluding carboxylic acids is 1. The molecule has 0 aromatic heterocycles. The van der Waals surface area contributed by atoms with Crippen LogP contribution in [0.5, 0.6) is 0 Å². The van der Waals surface area contributed by atoms with Gasteiger partial charge in [0.2, 0.25) is 0 Å². The molecule has 0 saturated heterocycles. The van der Waals surface area contributed by atoms with Crippen LogP contribution in [0.4, 0.5) is 0 Å². The molecule has 1 aliphatic rings. The zero-order chi connectivity index (χ0) is 13.5. The molecule has 0 radical (unpaired) electrons. The van der Waals surface area contributed by atoms with Gasteiger partial charge in [0.25, 0.3) is 0 Å². The molecule has 1 fully saturated rings. The molecular weight excluding hydrogens is 228 g/mol. The highest BCUT2D eigenvalue weighted by Crippen LogP contribution is 2.20. The third-order valence-corrected chi connectivity index (χ3v) is 3.65. The minimum atomic E-state index is -0.175. The quantitative estimate of drug-likeness (QED) is 0.637. The fraction of sp³-hybridized carbons (Fsp3) is 0.929. The number of hydrogen-bond acceptors (Lipinski definition) is 4. The lowest BCUT2D eigenvalue weighted by atomic mass is 10.1. The van der Waals surface area contributed by atoms with Gasteiger partial charge >= 0.3 is 5.97 Å². The van der Waals surface area contributed by atoms with Crippen LogP contribution in [0.15, 0.2) is 0 Å². The molecule has 4 heteroatoms. The van der Waals surface area contributed by atoms with Gasteiger partial charge in [-0.25, -0.2) is 0 Å². The monoisotopic (exact) mass is 256 g/mol. The molecule has 18 heavy (non-hydrogen) atoms. The Bertz CT molecular complexity index is 254. The molecule has 0 heterocycles. The fourth-order valence-corrected chi connectivity index (χ4v) is 2.03. The maximum atomic E-state index is 11.8. The van der Waals surface area contributed by atoms with Crippen LogP contribution in [0.1, 0.15) is 40.0 Å². The first kappa shape index (κ1) is 15.4. The molecule has 106 valence electrons. The van der Waals surface area contributed by atoms with Crippen molar-refractivity contribution in [1.29, 1.82) is 0 Å². The topological polar surface area (TPSA) is 41.6 Å². The highest BCUT2D eigenvalue weighted by atomic mass is 16.5. The highest BCUT2D eigenvalue weighted by molar-refractivity contribution is 5.76. The number of esters is 1. The van der Waals surface area contributed by atoms with Gasteiger partial charge in [-0.15, -0.1) is 0 Å². The molecule has 0 aliphatic heterocycles. The van der Waals surface area contributed by atoms with Crippen LogP contribution < -0.4 is 5.32 Å². The largest absolute Gasteiger partial charge is 0.468 e. The van der Waals surface area contributed by atoms with Crippen molar-refractivity contribution in [3.8, 4) is 0 Å². The summed E-state index contributed by atoms with van der Waals surface area (Å²) in [6, 6.07) is 0.350. The molecule has 0 aromatic rings. The molecule has 2 unspecified atom stereocenters. The summed E-state index contributed by atoms with van der Waals surface area (Å²) >= 11 is 0. The Morgan fingerprint density at radius 3 is 2.50 bits per heavy atom. The van der Waals surface area contributed by atoms with Crippen LogP contribution in [0, 0.1) is 5.92 Å². The Balaban J connectivity index is 2.47. The molecule has 1 rings (SSSR count). The first-order valence-electron chi connectivity index (χ1n) is 7.16. The van der Waals surface area contributed by atoms with E-state index in [9.17, 15) is 4.79 Å². The molecule has 1 aliphatic carbocycles. The summed E-state index contributed by atoms with van der Waals surface area (Å²) in [7, 11) is 1.47. The average Bonchev–Trinajstić information content (AvgIpc) is 3.19. The van der Waals surface area contributed by atoms with E-state index in [2.05, 4.69) is 31.0 Å². The van der Waals surface area contributed by atoms with Crippen LogP contribution in [-0.2, 0) is 9.53 Å². The van der Waals surface area contributed by atoms with Crippen molar-refractivity contribution >= 4 is 5.97 Å². The van der Waals surface area contributed by atoms with Gasteiger partial charge in [-0.05, 0) is 25.3 Å². The molecule has 1 saturated carbocycles. The van der Waals surface area contributed by atoms with Crippen LogP contribution in [-0.4, -0.2) is 49.7 Å². The van der Waals surface area contributed by atoms with E-state index in [0.717, 1.165) is 19.6 Å². The van der Waals surface area contributed by atoms with Gasteiger partial charge < -0.3 is 15.0 Å². The molecule has 0 aromatic carbocycles. The SMILES string of the molecule is CCC(C)CN(CC)CC(NC1CC1)C(=O)OC. The molecule has 1 N–H and O–H groups in total. The van der Waals surface area contributed by atoms with Gasteiger partial charge in [0.15, 0.2) is 0 Å². The minimum Gasteiger partial charge on any atom is -0.468 e. The molecule has 0 amide bonds. The maximum absolute atomic E-state index is 11.8. The van der Waals surface area contributed by atoms with E-state index >= 15 is 0 Å². The third-order valence-electron chi connectivity index (χ3n) is 3.65. The summed E-state index contributed by atoms with van der Waals surface area (Å²) in [5, 5.41) is 3.38. The van der Waals surface area contributed by atoms with Crippen molar-refractivity contribution in [2.24, 2.45) is 5.92 Å². The second-order valence-electron chi connectivity index (χ2n) is 5.38. The Hall–Kier alpha value is -0.610. The summed E-state index contributed by atoms with van der Waals surface area (Å²) in [5.74, 6) is 0.536.